The Labute approximate surface area is 332 Å². The lowest BCUT2D eigenvalue weighted by atomic mass is 9.64. The van der Waals surface area contributed by atoms with E-state index >= 15 is 0 Å². The molecule has 10 nitrogen and oxygen atoms in total. The van der Waals surface area contributed by atoms with Crippen LogP contribution in [0.15, 0.2) is 84.9 Å². The number of carbonyl (C=O) groups is 4. The lowest BCUT2D eigenvalue weighted by Crippen LogP contribution is -2.52. The number of carbonyl (C=O) groups excluding carboxylic acids is 4. The van der Waals surface area contributed by atoms with Gasteiger partial charge in [-0.25, -0.2) is 0 Å². The summed E-state index contributed by atoms with van der Waals surface area (Å²) in [4.78, 5) is 51.8. The Balaban J connectivity index is 0.000000167. The minimum absolute atomic E-state index is 0.130. The van der Waals surface area contributed by atoms with Crippen LogP contribution in [-0.4, -0.2) is 63.1 Å². The van der Waals surface area contributed by atoms with Crippen LogP contribution < -0.4 is 21.3 Å². The van der Waals surface area contributed by atoms with Crippen molar-refractivity contribution < 1.29 is 28.7 Å². The van der Waals surface area contributed by atoms with Crippen LogP contribution >= 0.6 is 46.4 Å². The number of nitrogens with one attached hydrogen (secondary N) is 4. The smallest absolute Gasteiger partial charge is 0.238 e. The molecule has 0 bridgehead atoms. The first-order chi connectivity index (χ1) is 25.9. The minimum atomic E-state index is -1.07. The first-order valence-corrected chi connectivity index (χ1v) is 18.8. The third kappa shape index (κ3) is 6.42. The number of benzene rings is 4. The van der Waals surface area contributed by atoms with Crippen molar-refractivity contribution in [3.63, 3.8) is 0 Å². The molecular formula is C40H36Cl4N4O6. The van der Waals surface area contributed by atoms with E-state index in [9.17, 15) is 19.2 Å². The number of rotatable bonds is 4. The fourth-order valence-corrected chi connectivity index (χ4v) is 9.50. The van der Waals surface area contributed by atoms with Crippen LogP contribution in [-0.2, 0) is 39.5 Å². The Morgan fingerprint density at radius 3 is 1.31 bits per heavy atom. The molecule has 4 aromatic rings. The Kier molecular flexibility index (Phi) is 10.7. The molecule has 2 saturated heterocycles. The van der Waals surface area contributed by atoms with Gasteiger partial charge < -0.3 is 30.7 Å². The van der Waals surface area contributed by atoms with E-state index in [0.717, 1.165) is 22.3 Å². The zero-order valence-electron chi connectivity index (χ0n) is 29.2. The van der Waals surface area contributed by atoms with Crippen LogP contribution in [0.3, 0.4) is 0 Å². The summed E-state index contributed by atoms with van der Waals surface area (Å²) in [6.45, 7) is 0.476. The zero-order valence-corrected chi connectivity index (χ0v) is 32.2. The van der Waals surface area contributed by atoms with Gasteiger partial charge in [0.1, 0.15) is 10.8 Å². The molecule has 6 atom stereocenters. The average Bonchev–Trinajstić information content (AvgIpc) is 3.44. The van der Waals surface area contributed by atoms with Crippen molar-refractivity contribution >= 4 is 81.4 Å². The monoisotopic (exact) mass is 808 g/mol. The number of hydrogen-bond acceptors (Lipinski definition) is 6. The van der Waals surface area contributed by atoms with Crippen molar-refractivity contribution in [2.45, 2.75) is 47.7 Å². The highest BCUT2D eigenvalue weighted by atomic mass is 35.5. The van der Waals surface area contributed by atoms with Gasteiger partial charge in [0.15, 0.2) is 0 Å². The number of methoxy groups -OCH3 is 2. The van der Waals surface area contributed by atoms with Crippen molar-refractivity contribution in [1.29, 1.82) is 0 Å². The van der Waals surface area contributed by atoms with Gasteiger partial charge in [-0.15, -0.1) is 0 Å². The lowest BCUT2D eigenvalue weighted by Gasteiger charge is -2.39. The highest BCUT2D eigenvalue weighted by molar-refractivity contribution is 6.32. The Hall–Kier alpha value is -4.16. The largest absolute Gasteiger partial charge is 0.378 e. The highest BCUT2D eigenvalue weighted by Gasteiger charge is 2.61. The van der Waals surface area contributed by atoms with Gasteiger partial charge in [-0.05, 0) is 70.8 Å². The average molecular weight is 811 g/mol. The highest BCUT2D eigenvalue weighted by Crippen LogP contribution is 2.54. The quantitative estimate of drug-likeness (QED) is 0.176. The molecular weight excluding hydrogens is 774 g/mol. The molecule has 0 saturated carbocycles. The van der Waals surface area contributed by atoms with E-state index in [0.29, 0.717) is 31.5 Å². The molecule has 4 aliphatic heterocycles. The molecule has 4 N–H and O–H groups in total. The Morgan fingerprint density at radius 2 is 0.944 bits per heavy atom. The number of amides is 4. The Bertz CT molecular complexity index is 2020. The predicted octanol–water partition coefficient (Wildman–Crippen LogP) is 7.00. The number of fused-ring (bicyclic) bond motifs is 4. The van der Waals surface area contributed by atoms with Gasteiger partial charge in [-0.1, -0.05) is 82.8 Å². The van der Waals surface area contributed by atoms with E-state index in [4.69, 9.17) is 55.9 Å². The van der Waals surface area contributed by atoms with Crippen LogP contribution in [0.1, 0.15) is 46.9 Å². The van der Waals surface area contributed by atoms with E-state index < -0.39 is 34.9 Å². The summed E-state index contributed by atoms with van der Waals surface area (Å²) >= 11 is 24.7. The number of hydrogen-bond donors (Lipinski definition) is 4. The first-order valence-electron chi connectivity index (χ1n) is 17.3. The van der Waals surface area contributed by atoms with Crippen LogP contribution in [0, 0.1) is 0 Å². The number of anilines is 2. The van der Waals surface area contributed by atoms with Crippen LogP contribution in [0.2, 0.25) is 20.1 Å². The molecule has 0 unspecified atom stereocenters. The van der Waals surface area contributed by atoms with Crippen molar-refractivity contribution in [3.05, 3.63) is 127 Å². The standard InChI is InChI=1S/2C20H18Cl2N2O3/c2*1-27-17-10-23-18(25)9-15(11-3-2-4-12(21)7-11)20(17)14-6-5-13(22)8-16(14)24-19(20)26/h2*2-8,15,17H,9-10H2,1H3,(H,23,25)(H,24,26)/t2*15-,17-,20-/m10/s1. The molecule has 2 spiro atoms. The van der Waals surface area contributed by atoms with Crippen molar-refractivity contribution in [2.75, 3.05) is 37.9 Å². The zero-order chi connectivity index (χ0) is 38.4. The van der Waals surface area contributed by atoms with Crippen molar-refractivity contribution in [1.82, 2.24) is 10.6 Å². The van der Waals surface area contributed by atoms with E-state index in [1.54, 1.807) is 62.8 Å². The van der Waals surface area contributed by atoms with Gasteiger partial charge in [0.05, 0.1) is 12.2 Å². The maximum atomic E-state index is 13.4. The molecule has 2 fully saturated rings. The lowest BCUT2D eigenvalue weighted by molar-refractivity contribution is -0.128. The molecule has 14 heteroatoms. The van der Waals surface area contributed by atoms with Gasteiger partial charge >= 0.3 is 0 Å². The predicted molar refractivity (Wildman–Crippen MR) is 209 cm³/mol. The van der Waals surface area contributed by atoms with Crippen LogP contribution in [0.5, 0.6) is 0 Å². The summed E-state index contributed by atoms with van der Waals surface area (Å²) in [5, 5.41) is 13.8. The third-order valence-electron chi connectivity index (χ3n) is 11.0. The molecule has 0 aliphatic carbocycles. The molecule has 4 aromatic carbocycles. The third-order valence-corrected chi connectivity index (χ3v) is 12.0. The summed E-state index contributed by atoms with van der Waals surface area (Å²) in [6, 6.07) is 25.2. The summed E-state index contributed by atoms with van der Waals surface area (Å²) in [5.74, 6) is -1.54. The van der Waals surface area contributed by atoms with E-state index in [1.165, 1.54) is 0 Å². The van der Waals surface area contributed by atoms with Crippen LogP contribution in [0.25, 0.3) is 0 Å². The number of halogens is 4. The number of ether oxygens (including phenoxy) is 2. The van der Waals surface area contributed by atoms with Gasteiger partial charge in [0.25, 0.3) is 0 Å². The summed E-state index contributed by atoms with van der Waals surface area (Å²) < 4.78 is 11.5. The van der Waals surface area contributed by atoms with E-state index in [2.05, 4.69) is 21.3 Å². The molecule has 8 rings (SSSR count). The normalized spacial score (nSPS) is 27.1. The first kappa shape index (κ1) is 38.1. The van der Waals surface area contributed by atoms with Gasteiger partial charge in [0, 0.05) is 83.5 Å². The molecule has 280 valence electrons. The summed E-state index contributed by atoms with van der Waals surface area (Å²) in [6.07, 6.45) is -0.795. The van der Waals surface area contributed by atoms with Crippen LogP contribution in [0.4, 0.5) is 11.4 Å². The maximum Gasteiger partial charge on any atom is 0.238 e. The fourth-order valence-electron chi connectivity index (χ4n) is 8.76. The van der Waals surface area contributed by atoms with Crippen molar-refractivity contribution in [2.24, 2.45) is 0 Å². The molecule has 0 aromatic heterocycles. The Morgan fingerprint density at radius 1 is 0.556 bits per heavy atom. The minimum Gasteiger partial charge on any atom is -0.378 e. The van der Waals surface area contributed by atoms with Gasteiger partial charge in [-0.2, -0.15) is 0 Å². The van der Waals surface area contributed by atoms with Crippen molar-refractivity contribution in [3.8, 4) is 0 Å². The van der Waals surface area contributed by atoms with Gasteiger partial charge in [0.2, 0.25) is 23.6 Å². The second-order valence-corrected chi connectivity index (χ2v) is 15.5. The molecule has 4 heterocycles. The second kappa shape index (κ2) is 15.2. The van der Waals surface area contributed by atoms with E-state index in [-0.39, 0.29) is 49.6 Å². The topological polar surface area (TPSA) is 135 Å². The maximum absolute atomic E-state index is 13.4. The molecule has 4 amide bonds. The SMILES string of the molecule is CO[C@@H]1CNC(=O)C[C@H](c2cccc(Cl)c2)[C@@]12C(=O)Nc1cc(Cl)ccc12.CO[C@H]1CNC(=O)C[C@@H](c2cccc(Cl)c2)[C@]12C(=O)Nc1cc(Cl)ccc12. The molecule has 0 radical (unpaired) electrons. The molecule has 54 heavy (non-hydrogen) atoms. The summed E-state index contributed by atoms with van der Waals surface area (Å²) in [5.41, 5.74) is 2.36. The molecule has 4 aliphatic rings. The second-order valence-electron chi connectivity index (χ2n) is 13.7. The fraction of sp³-hybridized carbons (Fsp3) is 0.300. The van der Waals surface area contributed by atoms with Gasteiger partial charge in [-0.3, -0.25) is 19.2 Å². The van der Waals surface area contributed by atoms with E-state index in [1.807, 2.05) is 36.4 Å². The summed E-state index contributed by atoms with van der Waals surface area (Å²) in [7, 11) is 3.11.